The molecular formula is C25H21N3O3. The smallest absolute Gasteiger partial charge is 0.275 e. The van der Waals surface area contributed by atoms with Gasteiger partial charge >= 0.3 is 0 Å². The summed E-state index contributed by atoms with van der Waals surface area (Å²) in [6.45, 7) is 0.211. The number of nitrogens with zero attached hydrogens (tertiary/aromatic N) is 3. The van der Waals surface area contributed by atoms with E-state index in [0.717, 1.165) is 12.8 Å². The molecule has 3 aromatic rings. The number of rotatable bonds is 2. The Kier molecular flexibility index (Phi) is 4.59. The Hall–Kier alpha value is -3.85. The summed E-state index contributed by atoms with van der Waals surface area (Å²) in [6.07, 6.45) is 3.43. The van der Waals surface area contributed by atoms with Crippen LogP contribution in [0.4, 0.5) is 0 Å². The number of carbonyl (C=O) groups is 1. The van der Waals surface area contributed by atoms with Crippen LogP contribution in [-0.2, 0) is 12.8 Å². The van der Waals surface area contributed by atoms with Crippen molar-refractivity contribution in [2.45, 2.75) is 24.8 Å². The monoisotopic (exact) mass is 411 g/mol. The van der Waals surface area contributed by atoms with Gasteiger partial charge in [-0.25, -0.2) is 0 Å². The predicted molar refractivity (Wildman–Crippen MR) is 115 cm³/mol. The lowest BCUT2D eigenvalue weighted by molar-refractivity contribution is 0.0677. The van der Waals surface area contributed by atoms with Gasteiger partial charge in [-0.2, -0.15) is 5.26 Å². The molecule has 1 aliphatic heterocycles. The van der Waals surface area contributed by atoms with Gasteiger partial charge in [-0.3, -0.25) is 9.59 Å². The van der Waals surface area contributed by atoms with E-state index >= 15 is 0 Å². The molecule has 0 fully saturated rings. The Balaban J connectivity index is 1.78. The third-order valence-corrected chi connectivity index (χ3v) is 6.45. The molecule has 154 valence electrons. The Morgan fingerprint density at radius 2 is 1.58 bits per heavy atom. The molecule has 0 radical (unpaired) electrons. The van der Waals surface area contributed by atoms with Crippen molar-refractivity contribution in [1.82, 2.24) is 9.47 Å². The normalized spacial score (nSPS) is 17.8. The molecule has 1 N–H and O–H groups in total. The van der Waals surface area contributed by atoms with Crippen molar-refractivity contribution in [3.63, 3.8) is 0 Å². The van der Waals surface area contributed by atoms with E-state index in [4.69, 9.17) is 0 Å². The fourth-order valence-electron chi connectivity index (χ4n) is 5.04. The van der Waals surface area contributed by atoms with Crippen LogP contribution in [0.1, 0.15) is 44.7 Å². The Labute approximate surface area is 179 Å². The molecule has 2 aromatic carbocycles. The van der Waals surface area contributed by atoms with Crippen molar-refractivity contribution in [3.8, 4) is 11.8 Å². The standard InChI is InChI=1S/C25H21N3O3/c26-12-14-27-15-20(28-13-11-21(29)24(30)23(28)25(27)31)22-18-7-3-1-5-16(18)9-10-17-6-2-4-8-19(17)22/h1-8,11,13,20,22,30H,9-10,14-15H2. The van der Waals surface area contributed by atoms with Gasteiger partial charge in [0.15, 0.2) is 11.4 Å². The van der Waals surface area contributed by atoms with Crippen LogP contribution in [0.5, 0.6) is 5.75 Å². The Morgan fingerprint density at radius 3 is 2.19 bits per heavy atom. The van der Waals surface area contributed by atoms with Gasteiger partial charge in [0.05, 0.1) is 12.1 Å². The number of fused-ring (bicyclic) bond motifs is 3. The van der Waals surface area contributed by atoms with E-state index in [1.54, 1.807) is 10.8 Å². The van der Waals surface area contributed by atoms with Gasteiger partial charge in [0.1, 0.15) is 6.54 Å². The number of hydrogen-bond acceptors (Lipinski definition) is 4. The number of aryl methyl sites for hydroxylation is 2. The summed E-state index contributed by atoms with van der Waals surface area (Å²) < 4.78 is 1.73. The van der Waals surface area contributed by atoms with Gasteiger partial charge in [0.25, 0.3) is 5.91 Å². The molecule has 1 atom stereocenters. The second kappa shape index (κ2) is 7.44. The Bertz CT molecular complexity index is 1240. The molecule has 0 saturated heterocycles. The summed E-state index contributed by atoms with van der Waals surface area (Å²) in [6, 6.07) is 19.7. The van der Waals surface area contributed by atoms with Crippen molar-refractivity contribution in [3.05, 3.63) is 99.0 Å². The summed E-state index contributed by atoms with van der Waals surface area (Å²) in [5.41, 5.74) is 4.20. The van der Waals surface area contributed by atoms with Crippen molar-refractivity contribution in [2.24, 2.45) is 0 Å². The average Bonchev–Trinajstić information content (AvgIpc) is 2.95. The molecule has 1 aliphatic carbocycles. The number of nitriles is 1. The van der Waals surface area contributed by atoms with Crippen LogP contribution in [-0.4, -0.2) is 33.6 Å². The summed E-state index contributed by atoms with van der Waals surface area (Å²) in [4.78, 5) is 26.6. The average molecular weight is 411 g/mol. The second-order valence-corrected chi connectivity index (χ2v) is 8.07. The highest BCUT2D eigenvalue weighted by Gasteiger charge is 2.40. The molecule has 6 heteroatoms. The minimum Gasteiger partial charge on any atom is -0.503 e. The first-order chi connectivity index (χ1) is 15.1. The zero-order chi connectivity index (χ0) is 21.5. The van der Waals surface area contributed by atoms with E-state index in [9.17, 15) is 20.0 Å². The van der Waals surface area contributed by atoms with Gasteiger partial charge < -0.3 is 14.6 Å². The van der Waals surface area contributed by atoms with Crippen LogP contribution in [0, 0.1) is 11.3 Å². The number of hydrogen-bond donors (Lipinski definition) is 1. The highest BCUT2D eigenvalue weighted by Crippen LogP contribution is 2.44. The molecule has 2 heterocycles. The van der Waals surface area contributed by atoms with Crippen molar-refractivity contribution in [1.29, 1.82) is 5.26 Å². The van der Waals surface area contributed by atoms with Gasteiger partial charge in [0.2, 0.25) is 5.43 Å². The van der Waals surface area contributed by atoms with Crippen molar-refractivity contribution >= 4 is 5.91 Å². The number of pyridine rings is 1. The topological polar surface area (TPSA) is 86.3 Å². The lowest BCUT2D eigenvalue weighted by Crippen LogP contribution is -2.46. The molecule has 1 aromatic heterocycles. The SMILES string of the molecule is N#CCN1CC(C2c3ccccc3CCc3ccccc32)n2ccc(=O)c(O)c2C1=O. The second-order valence-electron chi connectivity index (χ2n) is 8.07. The van der Waals surface area contributed by atoms with Crippen LogP contribution >= 0.6 is 0 Å². The zero-order valence-corrected chi connectivity index (χ0v) is 16.9. The van der Waals surface area contributed by atoms with Gasteiger partial charge in [0, 0.05) is 24.7 Å². The summed E-state index contributed by atoms with van der Waals surface area (Å²) in [7, 11) is 0. The van der Waals surface area contributed by atoms with E-state index in [0.29, 0.717) is 6.54 Å². The maximum Gasteiger partial charge on any atom is 0.275 e. The first-order valence-corrected chi connectivity index (χ1v) is 10.4. The fraction of sp³-hybridized carbons (Fsp3) is 0.240. The van der Waals surface area contributed by atoms with Gasteiger partial charge in [-0.1, -0.05) is 48.5 Å². The molecule has 0 saturated carbocycles. The zero-order valence-electron chi connectivity index (χ0n) is 16.9. The number of aromatic hydroxyl groups is 1. The molecule has 6 nitrogen and oxygen atoms in total. The van der Waals surface area contributed by atoms with E-state index in [-0.39, 0.29) is 24.2 Å². The largest absolute Gasteiger partial charge is 0.503 e. The molecule has 1 unspecified atom stereocenters. The first kappa shape index (κ1) is 19.1. The first-order valence-electron chi connectivity index (χ1n) is 10.4. The summed E-state index contributed by atoms with van der Waals surface area (Å²) >= 11 is 0. The summed E-state index contributed by atoms with van der Waals surface area (Å²) in [5.74, 6) is -1.15. The third kappa shape index (κ3) is 3.01. The summed E-state index contributed by atoms with van der Waals surface area (Å²) in [5, 5.41) is 19.8. The lowest BCUT2D eigenvalue weighted by atomic mass is 9.81. The van der Waals surface area contributed by atoms with Crippen LogP contribution < -0.4 is 5.43 Å². The lowest BCUT2D eigenvalue weighted by Gasteiger charge is -2.40. The molecule has 0 spiro atoms. The van der Waals surface area contributed by atoms with Crippen molar-refractivity contribution in [2.75, 3.05) is 13.1 Å². The number of carbonyl (C=O) groups excluding carboxylic acids is 1. The number of benzene rings is 2. The molecule has 5 rings (SSSR count). The quantitative estimate of drug-likeness (QED) is 0.657. The van der Waals surface area contributed by atoms with Crippen LogP contribution in [0.25, 0.3) is 0 Å². The molecule has 1 amide bonds. The Morgan fingerprint density at radius 1 is 0.968 bits per heavy atom. The van der Waals surface area contributed by atoms with E-state index in [1.165, 1.54) is 33.2 Å². The minimum atomic E-state index is -0.598. The van der Waals surface area contributed by atoms with E-state index in [1.807, 2.05) is 30.3 Å². The number of amides is 1. The molecule has 0 bridgehead atoms. The number of aromatic nitrogens is 1. The highest BCUT2D eigenvalue weighted by molar-refractivity contribution is 5.96. The highest BCUT2D eigenvalue weighted by atomic mass is 16.3. The van der Waals surface area contributed by atoms with Crippen LogP contribution in [0.15, 0.2) is 65.6 Å². The molecule has 31 heavy (non-hydrogen) atoms. The van der Waals surface area contributed by atoms with Gasteiger partial charge in [-0.05, 0) is 35.1 Å². The minimum absolute atomic E-state index is 0.0433. The third-order valence-electron chi connectivity index (χ3n) is 6.45. The van der Waals surface area contributed by atoms with Crippen LogP contribution in [0.2, 0.25) is 0 Å². The van der Waals surface area contributed by atoms with Gasteiger partial charge in [-0.15, -0.1) is 0 Å². The van der Waals surface area contributed by atoms with E-state index < -0.39 is 17.1 Å². The van der Waals surface area contributed by atoms with E-state index in [2.05, 4.69) is 24.3 Å². The van der Waals surface area contributed by atoms with Crippen LogP contribution in [0.3, 0.4) is 0 Å². The maximum atomic E-state index is 13.0. The maximum absolute atomic E-state index is 13.0. The fourth-order valence-corrected chi connectivity index (χ4v) is 5.04. The van der Waals surface area contributed by atoms with Crippen molar-refractivity contribution < 1.29 is 9.90 Å². The molecule has 2 aliphatic rings. The molecular weight excluding hydrogens is 390 g/mol. The predicted octanol–water partition coefficient (Wildman–Crippen LogP) is 3.01.